The van der Waals surface area contributed by atoms with Crippen molar-refractivity contribution in [1.29, 1.82) is 0 Å². The van der Waals surface area contributed by atoms with Gasteiger partial charge in [0.1, 0.15) is 5.82 Å². The molecule has 0 radical (unpaired) electrons. The number of nitrogens with two attached hydrogens (primary N) is 1. The van der Waals surface area contributed by atoms with E-state index in [1.165, 1.54) is 0 Å². The van der Waals surface area contributed by atoms with E-state index in [1.54, 1.807) is 18.3 Å². The molecular weight excluding hydrogens is 234 g/mol. The highest BCUT2D eigenvalue weighted by molar-refractivity contribution is 7.99. The minimum absolute atomic E-state index is 0.0897. The number of thioether (sulfide) groups is 1. The van der Waals surface area contributed by atoms with E-state index >= 15 is 0 Å². The van der Waals surface area contributed by atoms with Crippen molar-refractivity contribution in [3.63, 3.8) is 0 Å². The Morgan fingerprint density at radius 2 is 2.41 bits per heavy atom. The van der Waals surface area contributed by atoms with E-state index in [0.717, 1.165) is 17.9 Å². The fourth-order valence-electron chi connectivity index (χ4n) is 1.37. The number of nitrogens with one attached hydrogen (secondary N) is 1. The highest BCUT2D eigenvalue weighted by atomic mass is 32.2. The maximum Gasteiger partial charge on any atom is 0.251 e. The molecule has 0 spiro atoms. The van der Waals surface area contributed by atoms with Crippen LogP contribution in [0.2, 0.25) is 0 Å². The Morgan fingerprint density at radius 3 is 3.06 bits per heavy atom. The second kappa shape index (κ2) is 7.17. The Bertz CT molecular complexity index is 371. The van der Waals surface area contributed by atoms with Crippen LogP contribution in [0.1, 0.15) is 30.6 Å². The van der Waals surface area contributed by atoms with E-state index in [9.17, 15) is 4.79 Å². The van der Waals surface area contributed by atoms with Crippen LogP contribution in [0.5, 0.6) is 0 Å². The van der Waals surface area contributed by atoms with Gasteiger partial charge in [0.15, 0.2) is 0 Å². The standard InChI is InChI=1S/C12H19N3OS/c1-3-17-7-5-9(2)15-12(16)10-4-6-14-11(13)8-10/h4,6,8-9H,3,5,7H2,1-2H3,(H2,13,14)(H,15,16). The zero-order chi connectivity index (χ0) is 12.7. The molecule has 94 valence electrons. The van der Waals surface area contributed by atoms with Gasteiger partial charge >= 0.3 is 0 Å². The number of carbonyl (C=O) groups is 1. The zero-order valence-electron chi connectivity index (χ0n) is 10.3. The number of pyridine rings is 1. The van der Waals surface area contributed by atoms with Crippen molar-refractivity contribution in [1.82, 2.24) is 10.3 Å². The molecule has 1 amide bonds. The smallest absolute Gasteiger partial charge is 0.251 e. The van der Waals surface area contributed by atoms with Gasteiger partial charge in [-0.25, -0.2) is 4.98 Å². The second-order valence-electron chi connectivity index (χ2n) is 3.83. The average Bonchev–Trinajstić information content (AvgIpc) is 2.29. The Balaban J connectivity index is 2.43. The third-order valence-corrected chi connectivity index (χ3v) is 3.25. The molecule has 1 atom stereocenters. The summed E-state index contributed by atoms with van der Waals surface area (Å²) in [7, 11) is 0. The molecule has 0 aromatic carbocycles. The topological polar surface area (TPSA) is 68.0 Å². The van der Waals surface area contributed by atoms with Gasteiger partial charge in [-0.2, -0.15) is 11.8 Å². The lowest BCUT2D eigenvalue weighted by atomic mass is 10.2. The van der Waals surface area contributed by atoms with Crippen LogP contribution in [0.4, 0.5) is 5.82 Å². The molecule has 0 aliphatic carbocycles. The molecule has 3 N–H and O–H groups in total. The minimum Gasteiger partial charge on any atom is -0.384 e. The van der Waals surface area contributed by atoms with E-state index in [0.29, 0.717) is 11.4 Å². The van der Waals surface area contributed by atoms with Crippen molar-refractivity contribution < 1.29 is 4.79 Å². The molecule has 0 bridgehead atoms. The first-order chi connectivity index (χ1) is 8.13. The van der Waals surface area contributed by atoms with Gasteiger partial charge in [0.25, 0.3) is 5.91 Å². The van der Waals surface area contributed by atoms with Crippen LogP contribution in [0, 0.1) is 0 Å². The number of nitrogens with zero attached hydrogens (tertiary/aromatic N) is 1. The lowest BCUT2D eigenvalue weighted by molar-refractivity contribution is 0.0939. The van der Waals surface area contributed by atoms with Crippen molar-refractivity contribution in [3.8, 4) is 0 Å². The van der Waals surface area contributed by atoms with Gasteiger partial charge in [0, 0.05) is 17.8 Å². The Hall–Kier alpha value is -1.23. The fraction of sp³-hybridized carbons (Fsp3) is 0.500. The van der Waals surface area contributed by atoms with E-state index in [4.69, 9.17) is 5.73 Å². The monoisotopic (exact) mass is 253 g/mol. The predicted octanol–water partition coefficient (Wildman–Crippen LogP) is 1.93. The molecule has 0 saturated heterocycles. The highest BCUT2D eigenvalue weighted by Crippen LogP contribution is 2.06. The Labute approximate surface area is 106 Å². The summed E-state index contributed by atoms with van der Waals surface area (Å²) < 4.78 is 0. The molecule has 0 fully saturated rings. The molecule has 1 aromatic heterocycles. The highest BCUT2D eigenvalue weighted by Gasteiger charge is 2.09. The van der Waals surface area contributed by atoms with E-state index in [-0.39, 0.29) is 11.9 Å². The van der Waals surface area contributed by atoms with E-state index < -0.39 is 0 Å². The van der Waals surface area contributed by atoms with Crippen LogP contribution in [-0.4, -0.2) is 28.4 Å². The van der Waals surface area contributed by atoms with Crippen LogP contribution < -0.4 is 11.1 Å². The maximum absolute atomic E-state index is 11.8. The third kappa shape index (κ3) is 5.08. The number of carbonyl (C=O) groups excluding carboxylic acids is 1. The van der Waals surface area contributed by atoms with Crippen molar-refractivity contribution in [3.05, 3.63) is 23.9 Å². The molecule has 0 saturated carbocycles. The summed E-state index contributed by atoms with van der Waals surface area (Å²) in [6, 6.07) is 3.43. The Kier molecular flexibility index (Phi) is 5.83. The summed E-state index contributed by atoms with van der Waals surface area (Å²) in [6.45, 7) is 4.15. The SMILES string of the molecule is CCSCCC(C)NC(=O)c1ccnc(N)c1. The summed E-state index contributed by atoms with van der Waals surface area (Å²) in [4.78, 5) is 15.7. The average molecular weight is 253 g/mol. The molecule has 17 heavy (non-hydrogen) atoms. The van der Waals surface area contributed by atoms with Crippen LogP contribution in [-0.2, 0) is 0 Å². The molecule has 0 aliphatic rings. The molecule has 0 aliphatic heterocycles. The number of hydrogen-bond donors (Lipinski definition) is 2. The predicted molar refractivity (Wildman–Crippen MR) is 73.2 cm³/mol. The normalized spacial score (nSPS) is 12.1. The third-order valence-electron chi connectivity index (χ3n) is 2.32. The molecule has 1 unspecified atom stereocenters. The Morgan fingerprint density at radius 1 is 1.65 bits per heavy atom. The van der Waals surface area contributed by atoms with Gasteiger partial charge in [0.05, 0.1) is 0 Å². The summed E-state index contributed by atoms with van der Waals surface area (Å²) in [5.41, 5.74) is 6.09. The van der Waals surface area contributed by atoms with Gasteiger partial charge in [-0.15, -0.1) is 0 Å². The molecule has 4 nitrogen and oxygen atoms in total. The largest absolute Gasteiger partial charge is 0.384 e. The number of amides is 1. The molecule has 1 rings (SSSR count). The number of rotatable bonds is 6. The number of hydrogen-bond acceptors (Lipinski definition) is 4. The van der Waals surface area contributed by atoms with Crippen molar-refractivity contribution >= 4 is 23.5 Å². The summed E-state index contributed by atoms with van der Waals surface area (Å²) >= 11 is 1.88. The van der Waals surface area contributed by atoms with Crippen LogP contribution in [0.3, 0.4) is 0 Å². The number of aromatic nitrogens is 1. The summed E-state index contributed by atoms with van der Waals surface area (Å²) in [5, 5.41) is 2.95. The first-order valence-corrected chi connectivity index (χ1v) is 6.89. The van der Waals surface area contributed by atoms with Gasteiger partial charge < -0.3 is 11.1 Å². The van der Waals surface area contributed by atoms with Crippen molar-refractivity contribution in [2.75, 3.05) is 17.2 Å². The maximum atomic E-state index is 11.8. The summed E-state index contributed by atoms with van der Waals surface area (Å²) in [5.74, 6) is 2.46. The second-order valence-corrected chi connectivity index (χ2v) is 5.22. The van der Waals surface area contributed by atoms with Gasteiger partial charge in [-0.05, 0) is 37.0 Å². The fourth-order valence-corrected chi connectivity index (χ4v) is 2.18. The van der Waals surface area contributed by atoms with E-state index in [2.05, 4.69) is 17.2 Å². The van der Waals surface area contributed by atoms with Crippen molar-refractivity contribution in [2.24, 2.45) is 0 Å². The molecule has 1 aromatic rings. The van der Waals surface area contributed by atoms with Gasteiger partial charge in [0.2, 0.25) is 0 Å². The van der Waals surface area contributed by atoms with Crippen LogP contribution >= 0.6 is 11.8 Å². The van der Waals surface area contributed by atoms with Crippen LogP contribution in [0.15, 0.2) is 18.3 Å². The number of anilines is 1. The van der Waals surface area contributed by atoms with E-state index in [1.807, 2.05) is 18.7 Å². The summed E-state index contributed by atoms with van der Waals surface area (Å²) in [6.07, 6.45) is 2.52. The van der Waals surface area contributed by atoms with Gasteiger partial charge in [-0.3, -0.25) is 4.79 Å². The lowest BCUT2D eigenvalue weighted by Gasteiger charge is -2.13. The quantitative estimate of drug-likeness (QED) is 0.760. The molecular formula is C12H19N3OS. The zero-order valence-corrected chi connectivity index (χ0v) is 11.1. The molecule has 5 heteroatoms. The first-order valence-electron chi connectivity index (χ1n) is 5.73. The minimum atomic E-state index is -0.0897. The van der Waals surface area contributed by atoms with Crippen LogP contribution in [0.25, 0.3) is 0 Å². The molecule has 1 heterocycles. The van der Waals surface area contributed by atoms with Crippen molar-refractivity contribution in [2.45, 2.75) is 26.3 Å². The van der Waals surface area contributed by atoms with Gasteiger partial charge in [-0.1, -0.05) is 6.92 Å². The lowest BCUT2D eigenvalue weighted by Crippen LogP contribution is -2.33. The number of nitrogen functional groups attached to an aromatic ring is 1. The first kappa shape index (κ1) is 13.8.